The molecule has 0 heterocycles. The number of urea groups is 1. The molecule has 25 nitrogen and oxygen atoms in total. The summed E-state index contributed by atoms with van der Waals surface area (Å²) in [6, 6.07) is 4.34. The SMILES string of the molecule is C=CCC(C)C.CC(C)CC#N.CC(C)CC#N.CC(C)CC(=O)O.CC(C)CC(N)=O.CC(C)CC=O.CC(C)CCCO.CC(C)CCCO.CC(C)CCN.CC(C)CCN.CC(C)CCN.CC(C)CCN.CC(C)CCN(C)C.CC(C)CCNC(C)C.CC(C)CCNC(N)=O.CC(C)CCO.CC(C)C[C@H](O)CO.CCNCCC(C)C.CNCCC(C)C.COCCNCCC(C)C. The highest BCUT2D eigenvalue weighted by molar-refractivity contribution is 5.73. The molecular weight excluding hydrogens is 1770 g/mol. The van der Waals surface area contributed by atoms with Gasteiger partial charge in [-0.15, -0.1) is 6.58 Å². The molecule has 25 heteroatoms. The lowest BCUT2D eigenvalue weighted by Gasteiger charge is -2.10. The van der Waals surface area contributed by atoms with E-state index in [-0.39, 0.29) is 24.9 Å². The molecule has 0 rings (SSSR count). The molecule has 0 aliphatic rings. The Balaban J connectivity index is -0.0000000608. The minimum Gasteiger partial charge on any atom is -0.481 e. The number of hydrogen-bond donors (Lipinski definition) is 17. The van der Waals surface area contributed by atoms with Crippen molar-refractivity contribution in [3.63, 3.8) is 0 Å². The van der Waals surface area contributed by atoms with E-state index in [4.69, 9.17) is 80.3 Å². The molecule has 0 aromatic carbocycles. The van der Waals surface area contributed by atoms with Crippen molar-refractivity contribution in [3.8, 4) is 12.1 Å². The molecule has 141 heavy (non-hydrogen) atoms. The Morgan fingerprint density at radius 2 is 0.709 bits per heavy atom. The van der Waals surface area contributed by atoms with Gasteiger partial charge in [0.2, 0.25) is 5.91 Å². The summed E-state index contributed by atoms with van der Waals surface area (Å²) in [6.45, 7) is 109. The Kier molecular flexibility index (Phi) is 215. The third-order valence-electron chi connectivity index (χ3n) is 16.9. The largest absolute Gasteiger partial charge is 0.481 e. The molecule has 0 saturated carbocycles. The zero-order valence-electron chi connectivity index (χ0n) is 104. The zero-order chi connectivity index (χ0) is 116. The highest BCUT2D eigenvalue weighted by Gasteiger charge is 2.05. The van der Waals surface area contributed by atoms with E-state index < -0.39 is 18.1 Å². The number of aliphatic hydroxyl groups is 5. The Hall–Kier alpha value is -4.00. The van der Waals surface area contributed by atoms with E-state index in [0.717, 1.165) is 213 Å². The fourth-order valence-corrected chi connectivity index (χ4v) is 8.20. The van der Waals surface area contributed by atoms with Gasteiger partial charge >= 0.3 is 12.0 Å². The molecule has 0 radical (unpaired) electrons. The molecule has 0 unspecified atom stereocenters. The van der Waals surface area contributed by atoms with Crippen LogP contribution in [0.5, 0.6) is 0 Å². The standard InChI is InChI=1S/C8H19NO.C8H19N.2C7H17N.C6H14N2O.C6H15N.C6H14O2.2C6H14O.C6H12.C5H11NO.4C5H13N.2C5H9N.C5H10O2.C5H12O.C5H10O/c1-8(2)4-5-9-6-7-10-3;1-7(2)5-6-9-8(3)4;1-7(2)5-6-8(3)4;1-4-8-6-5-7(2)3;1-5(2)3-4-8-6(7)9;1-6(2)4-5-7-3;1-5(2)3-6(8)4-7;2*1-6(2)4-3-5-7;1-4-5-6(2)3;1-4(2)3-5(6)7;6*1-5(2)3-4-6;1-4(2)3-5(6)7;2*1-5(2)3-4-6/h8-9H,4-7H2,1-3H3;7-9H,5-6H2,1-4H3;7H,5-6H2,1-4H3;7-8H,4-6H2,1-3H3;5H,3-4H2,1-2H3,(H3,7,8,9);6-7H,4-5H2,1-3H3;5-8H,3-4H2,1-2H3;2*6-7H,3-5H2,1-2H3;4,6H,1,5H2,2-3H3;4H,3H2,1-2H3,(H2,6,7);4*5H,3-4,6H2,1-2H3;2*5H,3H2,1-2H3;4H,3H2,1-2H3,(H,6,7);5-6H,3-4H2,1-2H3;4-5H,3H2,1-2H3/t;;;;;;6-;;;;;;;;;;;;;/m......0............./s1. The molecule has 0 saturated heterocycles. The van der Waals surface area contributed by atoms with Crippen molar-refractivity contribution in [2.24, 2.45) is 153 Å². The molecule has 0 aliphatic heterocycles. The van der Waals surface area contributed by atoms with E-state index in [9.17, 15) is 19.2 Å². The minimum atomic E-state index is -0.713. The number of nitriles is 2. The van der Waals surface area contributed by atoms with E-state index in [1.54, 1.807) is 7.11 Å². The number of aliphatic carboxylic acids is 1. The van der Waals surface area contributed by atoms with Gasteiger partial charge in [-0.1, -0.05) is 304 Å². The Morgan fingerprint density at radius 3 is 0.830 bits per heavy atom. The van der Waals surface area contributed by atoms with Crippen LogP contribution in [0.2, 0.25) is 0 Å². The van der Waals surface area contributed by atoms with Crippen LogP contribution in [0, 0.1) is 141 Å². The Bertz CT molecular complexity index is 2050. The minimum absolute atomic E-state index is 0.113. The van der Waals surface area contributed by atoms with Crippen molar-refractivity contribution < 1.29 is 54.6 Å². The number of ether oxygens (including phenoxy) is 1. The number of nitrogens with zero attached hydrogens (tertiary/aromatic N) is 3. The van der Waals surface area contributed by atoms with Gasteiger partial charge in [-0.2, -0.15) is 10.5 Å². The van der Waals surface area contributed by atoms with E-state index >= 15 is 0 Å². The van der Waals surface area contributed by atoms with Crippen molar-refractivity contribution in [2.75, 3.05) is 140 Å². The maximum Gasteiger partial charge on any atom is 0.312 e. The average molecular weight is 2040 g/mol. The second-order valence-electron chi connectivity index (χ2n) is 44.6. The number of hydrogen-bond acceptors (Lipinski definition) is 21. The first-order valence-corrected chi connectivity index (χ1v) is 55.2. The highest BCUT2D eigenvalue weighted by atomic mass is 16.5. The van der Waals surface area contributed by atoms with Crippen molar-refractivity contribution >= 4 is 24.2 Å². The first kappa shape index (κ1) is 185. The molecule has 0 fully saturated rings. The van der Waals surface area contributed by atoms with Gasteiger partial charge in [0.1, 0.15) is 6.29 Å². The van der Waals surface area contributed by atoms with Gasteiger partial charge in [0.25, 0.3) is 0 Å². The molecule has 1 atom stereocenters. The van der Waals surface area contributed by atoms with E-state index in [2.05, 4.69) is 279 Å². The van der Waals surface area contributed by atoms with Crippen LogP contribution in [-0.2, 0) is 19.1 Å². The monoisotopic (exact) mass is 2030 g/mol. The number of primary amides is 2. The lowest BCUT2D eigenvalue weighted by molar-refractivity contribution is -0.137. The number of rotatable bonds is 52. The fourth-order valence-electron chi connectivity index (χ4n) is 8.20. The van der Waals surface area contributed by atoms with Crippen LogP contribution in [0.4, 0.5) is 4.79 Å². The van der Waals surface area contributed by atoms with Crippen molar-refractivity contribution in [1.82, 2.24) is 31.5 Å². The van der Waals surface area contributed by atoms with Gasteiger partial charge in [0.05, 0.1) is 31.5 Å². The molecule has 868 valence electrons. The van der Waals surface area contributed by atoms with Crippen LogP contribution in [0.3, 0.4) is 0 Å². The van der Waals surface area contributed by atoms with Gasteiger partial charge in [-0.3, -0.25) is 9.59 Å². The quantitative estimate of drug-likeness (QED) is 0.0153. The normalized spacial score (nSPS) is 10.3. The smallest absolute Gasteiger partial charge is 0.312 e. The van der Waals surface area contributed by atoms with Crippen LogP contribution in [0.1, 0.15) is 439 Å². The second kappa shape index (κ2) is 164. The Labute approximate surface area is 884 Å². The maximum atomic E-state index is 10.1. The number of amides is 3. The van der Waals surface area contributed by atoms with Crippen LogP contribution in [0.25, 0.3) is 0 Å². The summed E-state index contributed by atoms with van der Waals surface area (Å²) < 4.78 is 4.89. The maximum absolute atomic E-state index is 10.1. The van der Waals surface area contributed by atoms with Crippen LogP contribution >= 0.6 is 0 Å². The molecule has 0 spiro atoms. The number of aliphatic hydroxyl groups excluding tert-OH is 5. The highest BCUT2D eigenvalue weighted by Crippen LogP contribution is 2.07. The van der Waals surface area contributed by atoms with Crippen LogP contribution in [0.15, 0.2) is 12.7 Å². The summed E-state index contributed by atoms with van der Waals surface area (Å²) >= 11 is 0. The first-order chi connectivity index (χ1) is 65.1. The van der Waals surface area contributed by atoms with Crippen molar-refractivity contribution in [1.29, 1.82) is 10.5 Å². The number of carbonyl (C=O) groups is 4. The third-order valence-corrected chi connectivity index (χ3v) is 16.9. The van der Waals surface area contributed by atoms with Crippen molar-refractivity contribution in [3.05, 3.63) is 12.7 Å². The predicted molar refractivity (Wildman–Crippen MR) is 630 cm³/mol. The van der Waals surface area contributed by atoms with Crippen LogP contribution < -0.4 is 61.0 Å². The summed E-state index contributed by atoms with van der Waals surface area (Å²) in [6.07, 6.45) is 24.2. The van der Waals surface area contributed by atoms with Gasteiger partial charge in [-0.25, -0.2) is 4.79 Å². The Morgan fingerprint density at radius 1 is 0.397 bits per heavy atom. The first-order valence-electron chi connectivity index (χ1n) is 55.2. The molecular formula is C116H268N14O11. The fraction of sp³-hybridized carbons (Fsp3) is 0.931. The molecule has 0 aromatic rings. The van der Waals surface area contributed by atoms with Crippen LogP contribution in [-0.4, -0.2) is 212 Å². The zero-order valence-corrected chi connectivity index (χ0v) is 104. The summed E-state index contributed by atoms with van der Waals surface area (Å²) in [4.78, 5) is 41.8. The van der Waals surface area contributed by atoms with Gasteiger partial charge in [0, 0.05) is 78.2 Å². The second-order valence-corrected chi connectivity index (χ2v) is 44.6. The number of carboxylic acid groups (broad SMARTS) is 1. The topological polar surface area (TPSA) is 466 Å². The summed E-state index contributed by atoms with van der Waals surface area (Å²) in [5.41, 5.74) is 30.6. The molecule has 3 amide bonds. The number of allylic oxidation sites excluding steroid dienone is 1. The van der Waals surface area contributed by atoms with E-state index in [1.807, 2.05) is 96.2 Å². The lowest BCUT2D eigenvalue weighted by Crippen LogP contribution is -2.30. The van der Waals surface area contributed by atoms with E-state index in [0.29, 0.717) is 106 Å². The predicted octanol–water partition coefficient (Wildman–Crippen LogP) is 24.9. The molecule has 0 aliphatic carbocycles. The lowest BCUT2D eigenvalue weighted by atomic mass is 10.1. The van der Waals surface area contributed by atoms with Crippen molar-refractivity contribution in [2.45, 2.75) is 451 Å². The van der Waals surface area contributed by atoms with Gasteiger partial charge in [0.15, 0.2) is 0 Å². The number of carboxylic acids is 1. The number of methoxy groups -OCH3 is 1. The molecule has 23 N–H and O–H groups in total. The molecule has 0 aromatic heterocycles. The average Bonchev–Trinajstić information content (AvgIpc) is 0.959. The number of nitrogens with one attached hydrogen (secondary N) is 5. The van der Waals surface area contributed by atoms with Gasteiger partial charge in [-0.05, 0) is 314 Å². The van der Waals surface area contributed by atoms with Gasteiger partial charge < -0.3 is 106 Å². The summed E-state index contributed by atoms with van der Waals surface area (Å²) in [5.74, 6) is 12.6. The number of nitrogens with two attached hydrogens (primary N) is 6. The third kappa shape index (κ3) is 401. The number of carbonyl (C=O) groups excluding carboxylic acids is 3. The van der Waals surface area contributed by atoms with E-state index in [1.165, 1.54) is 45.2 Å². The summed E-state index contributed by atoms with van der Waals surface area (Å²) in [5, 5.41) is 81.6. The summed E-state index contributed by atoms with van der Waals surface area (Å²) in [7, 11) is 7.94. The number of aldehydes is 1. The molecule has 0 bridgehead atoms.